The molecule has 1 atom stereocenters. The lowest BCUT2D eigenvalue weighted by Crippen LogP contribution is -2.17. The summed E-state index contributed by atoms with van der Waals surface area (Å²) in [6.07, 6.45) is 0.230. The van der Waals surface area contributed by atoms with E-state index in [0.717, 1.165) is 38.0 Å². The molecule has 0 saturated carbocycles. The molecule has 0 bridgehead atoms. The molecule has 0 aliphatic carbocycles. The molecule has 0 unspecified atom stereocenters. The van der Waals surface area contributed by atoms with Crippen molar-refractivity contribution < 1.29 is 14.3 Å². The number of hydrogen-bond donors (Lipinski definition) is 1. The van der Waals surface area contributed by atoms with Crippen LogP contribution in [-0.2, 0) is 9.53 Å². The molecule has 3 aromatic rings. The Hall–Kier alpha value is -2.53. The molecule has 1 N–H and O–H groups in total. The van der Waals surface area contributed by atoms with E-state index in [1.54, 1.807) is 0 Å². The van der Waals surface area contributed by atoms with Gasteiger partial charge in [-0.05, 0) is 48.0 Å². The van der Waals surface area contributed by atoms with E-state index in [-0.39, 0.29) is 18.4 Å². The lowest BCUT2D eigenvalue weighted by atomic mass is 9.95. The van der Waals surface area contributed by atoms with Gasteiger partial charge in [0.05, 0.1) is 24.8 Å². The standard InChI is InChI=1S/C21H18BrNO3/c1-2-25-20(24)12-17-21-15-9-8-14(22)11-13(15)7-10-19(21)26-18-6-4-3-5-16(18)23-17/h3-11,17,23H,2,12H2,1H3/t17-/m0/s1. The molecule has 1 heterocycles. The van der Waals surface area contributed by atoms with Crippen LogP contribution in [0.1, 0.15) is 24.9 Å². The third kappa shape index (κ3) is 3.15. The Kier molecular flexibility index (Phi) is 4.55. The van der Waals surface area contributed by atoms with Gasteiger partial charge < -0.3 is 14.8 Å². The third-order valence-corrected chi connectivity index (χ3v) is 4.94. The Morgan fingerprint density at radius 1 is 1.15 bits per heavy atom. The van der Waals surface area contributed by atoms with Crippen LogP contribution in [0.3, 0.4) is 0 Å². The number of benzene rings is 3. The van der Waals surface area contributed by atoms with Gasteiger partial charge in [0.2, 0.25) is 0 Å². The zero-order chi connectivity index (χ0) is 18.1. The largest absolute Gasteiger partial charge is 0.466 e. The molecule has 0 fully saturated rings. The predicted octanol–water partition coefficient (Wildman–Crippen LogP) is 5.81. The lowest BCUT2D eigenvalue weighted by molar-refractivity contribution is -0.143. The Morgan fingerprint density at radius 2 is 2.00 bits per heavy atom. The number of ether oxygens (including phenoxy) is 2. The highest BCUT2D eigenvalue weighted by atomic mass is 79.9. The van der Waals surface area contributed by atoms with Gasteiger partial charge >= 0.3 is 5.97 Å². The molecule has 0 amide bonds. The first-order chi connectivity index (χ1) is 12.7. The zero-order valence-corrected chi connectivity index (χ0v) is 15.9. The molecular formula is C21H18BrNO3. The summed E-state index contributed by atoms with van der Waals surface area (Å²) >= 11 is 3.52. The monoisotopic (exact) mass is 411 g/mol. The molecule has 132 valence electrons. The third-order valence-electron chi connectivity index (χ3n) is 4.44. The van der Waals surface area contributed by atoms with Crippen LogP contribution in [0, 0.1) is 0 Å². The number of anilines is 1. The van der Waals surface area contributed by atoms with Gasteiger partial charge in [-0.1, -0.05) is 40.2 Å². The molecule has 0 radical (unpaired) electrons. The van der Waals surface area contributed by atoms with Crippen molar-refractivity contribution in [3.05, 3.63) is 64.6 Å². The first-order valence-corrected chi connectivity index (χ1v) is 9.36. The van der Waals surface area contributed by atoms with Crippen molar-refractivity contribution in [3.63, 3.8) is 0 Å². The highest BCUT2D eigenvalue weighted by molar-refractivity contribution is 9.10. The Morgan fingerprint density at radius 3 is 2.85 bits per heavy atom. The summed E-state index contributed by atoms with van der Waals surface area (Å²) in [6.45, 7) is 2.19. The molecule has 0 spiro atoms. The summed E-state index contributed by atoms with van der Waals surface area (Å²) in [5.41, 5.74) is 1.84. The predicted molar refractivity (Wildman–Crippen MR) is 106 cm³/mol. The zero-order valence-electron chi connectivity index (χ0n) is 14.3. The Labute approximate surface area is 160 Å². The highest BCUT2D eigenvalue weighted by Crippen LogP contribution is 2.44. The maximum absolute atomic E-state index is 12.2. The van der Waals surface area contributed by atoms with Gasteiger partial charge in [-0.15, -0.1) is 0 Å². The van der Waals surface area contributed by atoms with E-state index in [0.29, 0.717) is 6.61 Å². The quantitative estimate of drug-likeness (QED) is 0.552. The van der Waals surface area contributed by atoms with E-state index >= 15 is 0 Å². The molecule has 0 aromatic heterocycles. The summed E-state index contributed by atoms with van der Waals surface area (Å²) in [5, 5.41) is 5.62. The maximum Gasteiger partial charge on any atom is 0.308 e. The van der Waals surface area contributed by atoms with Crippen molar-refractivity contribution in [3.8, 4) is 11.5 Å². The highest BCUT2D eigenvalue weighted by Gasteiger charge is 2.27. The molecule has 5 heteroatoms. The summed E-state index contributed by atoms with van der Waals surface area (Å²) in [6, 6.07) is 17.6. The first kappa shape index (κ1) is 16.9. The van der Waals surface area contributed by atoms with Crippen LogP contribution in [0.5, 0.6) is 11.5 Å². The summed E-state index contributed by atoms with van der Waals surface area (Å²) in [4.78, 5) is 12.2. The summed E-state index contributed by atoms with van der Waals surface area (Å²) in [5.74, 6) is 1.27. The van der Waals surface area contributed by atoms with Gasteiger partial charge in [0, 0.05) is 10.0 Å². The average molecular weight is 412 g/mol. The summed E-state index contributed by atoms with van der Waals surface area (Å²) < 4.78 is 12.4. The van der Waals surface area contributed by atoms with Gasteiger partial charge in [-0.25, -0.2) is 0 Å². The molecule has 3 aromatic carbocycles. The number of esters is 1. The molecule has 1 aliphatic heterocycles. The second-order valence-corrected chi connectivity index (χ2v) is 7.06. The Balaban J connectivity index is 1.88. The molecule has 26 heavy (non-hydrogen) atoms. The number of fused-ring (bicyclic) bond motifs is 4. The van der Waals surface area contributed by atoms with Crippen LogP contribution < -0.4 is 10.1 Å². The van der Waals surface area contributed by atoms with Gasteiger partial charge in [0.15, 0.2) is 5.75 Å². The number of para-hydroxylation sites is 2. The second-order valence-electron chi connectivity index (χ2n) is 6.15. The SMILES string of the molecule is CCOC(=O)C[C@@H]1Nc2ccccc2Oc2ccc3cc(Br)ccc3c21. The fraction of sp³-hybridized carbons (Fsp3) is 0.190. The van der Waals surface area contributed by atoms with Gasteiger partial charge in [0.1, 0.15) is 5.75 Å². The molecule has 0 saturated heterocycles. The van der Waals surface area contributed by atoms with E-state index in [9.17, 15) is 4.79 Å². The van der Waals surface area contributed by atoms with E-state index in [1.165, 1.54) is 0 Å². The van der Waals surface area contributed by atoms with Crippen molar-refractivity contribution in [1.82, 2.24) is 0 Å². The molecule has 4 rings (SSSR count). The minimum Gasteiger partial charge on any atom is -0.466 e. The van der Waals surface area contributed by atoms with Crippen molar-refractivity contribution in [1.29, 1.82) is 0 Å². The van der Waals surface area contributed by atoms with Crippen LogP contribution >= 0.6 is 15.9 Å². The van der Waals surface area contributed by atoms with Crippen LogP contribution in [0.15, 0.2) is 59.1 Å². The minimum absolute atomic E-state index is 0.230. The number of nitrogens with one attached hydrogen (secondary N) is 1. The molecular weight excluding hydrogens is 394 g/mol. The van der Waals surface area contributed by atoms with Crippen LogP contribution in [0.25, 0.3) is 10.8 Å². The number of carbonyl (C=O) groups is 1. The fourth-order valence-corrected chi connectivity index (χ4v) is 3.72. The van der Waals surface area contributed by atoms with E-state index in [4.69, 9.17) is 9.47 Å². The van der Waals surface area contributed by atoms with E-state index < -0.39 is 0 Å². The minimum atomic E-state index is -0.238. The number of rotatable bonds is 3. The number of hydrogen-bond acceptors (Lipinski definition) is 4. The normalized spacial score (nSPS) is 15.2. The topological polar surface area (TPSA) is 47.6 Å². The van der Waals surface area contributed by atoms with Crippen LogP contribution in [0.2, 0.25) is 0 Å². The van der Waals surface area contributed by atoms with E-state index in [1.807, 2.05) is 49.4 Å². The van der Waals surface area contributed by atoms with Crippen molar-refractivity contribution in [2.45, 2.75) is 19.4 Å². The van der Waals surface area contributed by atoms with E-state index in [2.05, 4.69) is 33.4 Å². The van der Waals surface area contributed by atoms with Gasteiger partial charge in [0.25, 0.3) is 0 Å². The molecule has 1 aliphatic rings. The fourth-order valence-electron chi connectivity index (χ4n) is 3.35. The second kappa shape index (κ2) is 7.00. The summed E-state index contributed by atoms with van der Waals surface area (Å²) in [7, 11) is 0. The lowest BCUT2D eigenvalue weighted by Gasteiger charge is -2.20. The van der Waals surface area contributed by atoms with Crippen molar-refractivity contribution >= 4 is 38.4 Å². The van der Waals surface area contributed by atoms with Crippen molar-refractivity contribution in [2.75, 3.05) is 11.9 Å². The average Bonchev–Trinajstić information content (AvgIpc) is 2.78. The maximum atomic E-state index is 12.2. The van der Waals surface area contributed by atoms with Crippen molar-refractivity contribution in [2.24, 2.45) is 0 Å². The smallest absolute Gasteiger partial charge is 0.308 e. The van der Waals surface area contributed by atoms with Gasteiger partial charge in [-0.2, -0.15) is 0 Å². The first-order valence-electron chi connectivity index (χ1n) is 8.57. The molecule has 4 nitrogen and oxygen atoms in total. The Bertz CT molecular complexity index is 986. The van der Waals surface area contributed by atoms with Crippen LogP contribution in [-0.4, -0.2) is 12.6 Å². The number of halogens is 1. The van der Waals surface area contributed by atoms with Crippen LogP contribution in [0.4, 0.5) is 5.69 Å². The number of carbonyl (C=O) groups excluding carboxylic acids is 1. The van der Waals surface area contributed by atoms with Gasteiger partial charge in [-0.3, -0.25) is 4.79 Å².